The molecular weight excluding hydrogens is 264 g/mol. The summed E-state index contributed by atoms with van der Waals surface area (Å²) in [5.41, 5.74) is 10.6. The van der Waals surface area contributed by atoms with Gasteiger partial charge in [-0.25, -0.2) is 0 Å². The van der Waals surface area contributed by atoms with Crippen LogP contribution in [0.15, 0.2) is 30.3 Å². The van der Waals surface area contributed by atoms with Crippen molar-refractivity contribution in [2.75, 3.05) is 11.1 Å². The molecule has 0 saturated heterocycles. The van der Waals surface area contributed by atoms with Crippen molar-refractivity contribution in [2.24, 2.45) is 0 Å². The molecular formula is C17H18N2O2. The number of benzene rings is 2. The molecule has 21 heavy (non-hydrogen) atoms. The largest absolute Gasteiger partial charge is 0.455 e. The van der Waals surface area contributed by atoms with Gasteiger partial charge in [-0.05, 0) is 55.2 Å². The molecule has 0 aliphatic carbocycles. The van der Waals surface area contributed by atoms with E-state index in [4.69, 9.17) is 10.5 Å². The van der Waals surface area contributed by atoms with Gasteiger partial charge in [-0.3, -0.25) is 4.79 Å². The number of ether oxygens (including phenoxy) is 1. The summed E-state index contributed by atoms with van der Waals surface area (Å²) in [5.74, 6) is 1.48. The average molecular weight is 282 g/mol. The van der Waals surface area contributed by atoms with E-state index in [0.29, 0.717) is 24.3 Å². The Kier molecular flexibility index (Phi) is 3.29. The van der Waals surface area contributed by atoms with E-state index in [1.54, 1.807) is 6.07 Å². The summed E-state index contributed by atoms with van der Waals surface area (Å²) in [6, 6.07) is 9.77. The van der Waals surface area contributed by atoms with E-state index in [1.807, 2.05) is 38.1 Å². The fraction of sp³-hybridized carbons (Fsp3) is 0.235. The standard InChI is InChI=1S/C17H18N2O2/c1-10-3-4-11(2)15(7-10)21-16-8-12-5-6-17(20)19-14(12)9-13(16)18/h3-4,7-9H,5-6,18H2,1-2H3,(H,19,20). The molecule has 0 aromatic heterocycles. The number of rotatable bonds is 2. The first-order chi connectivity index (χ1) is 10.0. The zero-order chi connectivity index (χ0) is 15.0. The number of hydrogen-bond acceptors (Lipinski definition) is 3. The second kappa shape index (κ2) is 5.13. The molecule has 0 atom stereocenters. The Morgan fingerprint density at radius 1 is 1.10 bits per heavy atom. The van der Waals surface area contributed by atoms with Gasteiger partial charge in [0.25, 0.3) is 0 Å². The molecule has 3 N–H and O–H groups in total. The van der Waals surface area contributed by atoms with Gasteiger partial charge in [0.05, 0.1) is 5.69 Å². The minimum atomic E-state index is 0.0325. The molecule has 0 bridgehead atoms. The van der Waals surface area contributed by atoms with Crippen LogP contribution in [0.4, 0.5) is 11.4 Å². The normalized spacial score (nSPS) is 13.5. The number of carbonyl (C=O) groups excluding carboxylic acids is 1. The van der Waals surface area contributed by atoms with Crippen LogP contribution in [-0.4, -0.2) is 5.91 Å². The molecule has 1 amide bonds. The molecule has 0 spiro atoms. The number of nitrogens with one attached hydrogen (secondary N) is 1. The SMILES string of the molecule is Cc1ccc(C)c(Oc2cc3c(cc2N)NC(=O)CC3)c1. The van der Waals surface area contributed by atoms with E-state index >= 15 is 0 Å². The lowest BCUT2D eigenvalue weighted by atomic mass is 10.0. The van der Waals surface area contributed by atoms with Gasteiger partial charge in [0.15, 0.2) is 5.75 Å². The lowest BCUT2D eigenvalue weighted by Gasteiger charge is -2.19. The van der Waals surface area contributed by atoms with Crippen LogP contribution in [0.1, 0.15) is 23.1 Å². The Labute approximate surface area is 123 Å². The van der Waals surface area contributed by atoms with E-state index in [-0.39, 0.29) is 5.91 Å². The molecule has 108 valence electrons. The number of nitrogens with two attached hydrogens (primary N) is 1. The van der Waals surface area contributed by atoms with Gasteiger partial charge in [-0.1, -0.05) is 12.1 Å². The number of aryl methyl sites for hydroxylation is 3. The van der Waals surface area contributed by atoms with Gasteiger partial charge in [0.1, 0.15) is 5.75 Å². The first-order valence-corrected chi connectivity index (χ1v) is 7.00. The topological polar surface area (TPSA) is 64.3 Å². The number of nitrogen functional groups attached to an aromatic ring is 1. The van der Waals surface area contributed by atoms with E-state index in [1.165, 1.54) is 0 Å². The second-order valence-electron chi connectivity index (χ2n) is 5.47. The molecule has 4 heteroatoms. The maximum atomic E-state index is 11.4. The Bertz CT molecular complexity index is 723. The summed E-state index contributed by atoms with van der Waals surface area (Å²) in [7, 11) is 0. The average Bonchev–Trinajstić information content (AvgIpc) is 2.44. The van der Waals surface area contributed by atoms with Crippen molar-refractivity contribution in [1.82, 2.24) is 0 Å². The fourth-order valence-corrected chi connectivity index (χ4v) is 2.45. The number of carbonyl (C=O) groups is 1. The zero-order valence-corrected chi connectivity index (χ0v) is 12.2. The van der Waals surface area contributed by atoms with Gasteiger partial charge in [-0.2, -0.15) is 0 Å². The molecule has 0 radical (unpaired) electrons. The van der Waals surface area contributed by atoms with Crippen molar-refractivity contribution in [1.29, 1.82) is 0 Å². The van der Waals surface area contributed by atoms with Crippen molar-refractivity contribution in [3.63, 3.8) is 0 Å². The Hall–Kier alpha value is -2.49. The molecule has 1 aliphatic heterocycles. The fourth-order valence-electron chi connectivity index (χ4n) is 2.45. The maximum absolute atomic E-state index is 11.4. The summed E-state index contributed by atoms with van der Waals surface area (Å²) in [4.78, 5) is 11.4. The zero-order valence-electron chi connectivity index (χ0n) is 12.2. The van der Waals surface area contributed by atoms with Crippen molar-refractivity contribution >= 4 is 17.3 Å². The van der Waals surface area contributed by atoms with Crippen molar-refractivity contribution < 1.29 is 9.53 Å². The summed E-state index contributed by atoms with van der Waals surface area (Å²) >= 11 is 0. The van der Waals surface area contributed by atoms with Gasteiger partial charge in [-0.15, -0.1) is 0 Å². The summed E-state index contributed by atoms with van der Waals surface area (Å²) in [6.45, 7) is 4.03. The van der Waals surface area contributed by atoms with Crippen LogP contribution in [0.5, 0.6) is 11.5 Å². The molecule has 2 aromatic carbocycles. The van der Waals surface area contributed by atoms with E-state index in [2.05, 4.69) is 5.32 Å². The lowest BCUT2D eigenvalue weighted by Crippen LogP contribution is -2.19. The molecule has 0 saturated carbocycles. The minimum absolute atomic E-state index is 0.0325. The molecule has 3 rings (SSSR count). The molecule has 1 heterocycles. The second-order valence-corrected chi connectivity index (χ2v) is 5.47. The quantitative estimate of drug-likeness (QED) is 0.828. The highest BCUT2D eigenvalue weighted by Gasteiger charge is 2.17. The maximum Gasteiger partial charge on any atom is 0.224 e. The number of fused-ring (bicyclic) bond motifs is 1. The molecule has 0 fully saturated rings. The van der Waals surface area contributed by atoms with Crippen LogP contribution in [0.3, 0.4) is 0 Å². The number of hydrogen-bond donors (Lipinski definition) is 2. The third-order valence-electron chi connectivity index (χ3n) is 3.69. The first kappa shape index (κ1) is 13.5. The van der Waals surface area contributed by atoms with Gasteiger partial charge in [0.2, 0.25) is 5.91 Å². The van der Waals surface area contributed by atoms with Crippen molar-refractivity contribution in [3.8, 4) is 11.5 Å². The van der Waals surface area contributed by atoms with Gasteiger partial charge >= 0.3 is 0 Å². The van der Waals surface area contributed by atoms with Gasteiger partial charge < -0.3 is 15.8 Å². The predicted molar refractivity (Wildman–Crippen MR) is 83.8 cm³/mol. The predicted octanol–water partition coefficient (Wildman–Crippen LogP) is 3.56. The molecule has 0 unspecified atom stereocenters. The van der Waals surface area contributed by atoms with Crippen molar-refractivity contribution in [2.45, 2.75) is 26.7 Å². The van der Waals surface area contributed by atoms with Gasteiger partial charge in [0, 0.05) is 12.1 Å². The third-order valence-corrected chi connectivity index (χ3v) is 3.69. The van der Waals surface area contributed by atoms with Crippen LogP contribution in [0.25, 0.3) is 0 Å². The first-order valence-electron chi connectivity index (χ1n) is 7.00. The third kappa shape index (κ3) is 2.70. The van der Waals surface area contributed by atoms with E-state index < -0.39 is 0 Å². The summed E-state index contributed by atoms with van der Waals surface area (Å²) in [5, 5.41) is 2.84. The summed E-state index contributed by atoms with van der Waals surface area (Å²) < 4.78 is 5.98. The molecule has 4 nitrogen and oxygen atoms in total. The smallest absolute Gasteiger partial charge is 0.224 e. The van der Waals surface area contributed by atoms with Crippen LogP contribution in [-0.2, 0) is 11.2 Å². The van der Waals surface area contributed by atoms with E-state index in [0.717, 1.165) is 28.1 Å². The monoisotopic (exact) mass is 282 g/mol. The minimum Gasteiger partial charge on any atom is -0.455 e. The molecule has 2 aromatic rings. The van der Waals surface area contributed by atoms with Crippen molar-refractivity contribution in [3.05, 3.63) is 47.0 Å². The highest BCUT2D eigenvalue weighted by atomic mass is 16.5. The number of amides is 1. The highest BCUT2D eigenvalue weighted by molar-refractivity contribution is 5.94. The van der Waals surface area contributed by atoms with Crippen LogP contribution < -0.4 is 15.8 Å². The van der Waals surface area contributed by atoms with E-state index in [9.17, 15) is 4.79 Å². The van der Waals surface area contributed by atoms with Crippen LogP contribution >= 0.6 is 0 Å². The summed E-state index contributed by atoms with van der Waals surface area (Å²) in [6.07, 6.45) is 1.21. The highest BCUT2D eigenvalue weighted by Crippen LogP contribution is 2.36. The van der Waals surface area contributed by atoms with Crippen LogP contribution in [0.2, 0.25) is 0 Å². The molecule has 1 aliphatic rings. The lowest BCUT2D eigenvalue weighted by molar-refractivity contribution is -0.116. The Morgan fingerprint density at radius 2 is 1.90 bits per heavy atom. The number of anilines is 2. The Balaban J connectivity index is 1.96. The van der Waals surface area contributed by atoms with Crippen LogP contribution in [0, 0.1) is 13.8 Å². The Morgan fingerprint density at radius 3 is 2.71 bits per heavy atom.